The molecular weight excluding hydrogens is 286 g/mol. The number of rotatable bonds is 5. The second-order valence-corrected chi connectivity index (χ2v) is 6.92. The van der Waals surface area contributed by atoms with Crippen LogP contribution in [0.4, 0.5) is 5.82 Å². The Morgan fingerprint density at radius 2 is 1.90 bits per heavy atom. The van der Waals surface area contributed by atoms with Gasteiger partial charge in [0.25, 0.3) is 0 Å². The zero-order valence-electron chi connectivity index (χ0n) is 12.1. The zero-order valence-corrected chi connectivity index (χ0v) is 12.9. The fraction of sp³-hybridized carbons (Fsp3) is 0.267. The second kappa shape index (κ2) is 6.24. The smallest absolute Gasteiger partial charge is 0.179 e. The molecule has 0 saturated carbocycles. The lowest BCUT2D eigenvalue weighted by molar-refractivity contribution is 0.601. The van der Waals surface area contributed by atoms with Crippen molar-refractivity contribution in [3.05, 3.63) is 53.7 Å². The molecule has 0 radical (unpaired) electrons. The summed E-state index contributed by atoms with van der Waals surface area (Å²) in [4.78, 5) is 4.34. The molecule has 21 heavy (non-hydrogen) atoms. The Labute approximate surface area is 125 Å². The highest BCUT2D eigenvalue weighted by molar-refractivity contribution is 7.90. The number of nitrogens with one attached hydrogen (secondary N) is 1. The molecule has 0 spiro atoms. The number of benzene rings is 1. The average molecular weight is 305 g/mol. The molecule has 0 bridgehead atoms. The molecule has 0 aliphatic heterocycles. The first-order chi connectivity index (χ1) is 9.91. The van der Waals surface area contributed by atoms with Gasteiger partial charge in [0.1, 0.15) is 10.7 Å². The lowest BCUT2D eigenvalue weighted by Crippen LogP contribution is -2.12. The Hall–Kier alpha value is -1.92. The van der Waals surface area contributed by atoms with Crippen molar-refractivity contribution in [2.45, 2.75) is 24.4 Å². The van der Waals surface area contributed by atoms with Crippen LogP contribution < -0.4 is 11.1 Å². The van der Waals surface area contributed by atoms with E-state index in [2.05, 4.69) is 10.3 Å². The van der Waals surface area contributed by atoms with Crippen molar-refractivity contribution >= 4 is 15.7 Å². The molecule has 0 aliphatic rings. The maximum Gasteiger partial charge on any atom is 0.179 e. The standard InChI is InChI=1S/C15H19N3O2S/c1-11(13-7-5-12(10-16)6-8-13)18-15-14(21(2,19)20)4-3-9-17-15/h3-9,11H,10,16H2,1-2H3,(H,17,18). The van der Waals surface area contributed by atoms with E-state index in [-0.39, 0.29) is 10.9 Å². The van der Waals surface area contributed by atoms with Crippen molar-refractivity contribution in [2.24, 2.45) is 5.73 Å². The molecule has 0 fully saturated rings. The molecule has 0 saturated heterocycles. The van der Waals surface area contributed by atoms with E-state index in [1.54, 1.807) is 18.3 Å². The van der Waals surface area contributed by atoms with Crippen LogP contribution in [0.3, 0.4) is 0 Å². The molecule has 112 valence electrons. The van der Waals surface area contributed by atoms with Gasteiger partial charge in [0, 0.05) is 25.0 Å². The molecule has 1 aromatic carbocycles. The van der Waals surface area contributed by atoms with E-state index >= 15 is 0 Å². The van der Waals surface area contributed by atoms with Crippen molar-refractivity contribution in [1.82, 2.24) is 4.98 Å². The SMILES string of the molecule is CC(Nc1ncccc1S(C)(=O)=O)c1ccc(CN)cc1. The van der Waals surface area contributed by atoms with E-state index in [4.69, 9.17) is 5.73 Å². The first kappa shape index (κ1) is 15.5. The number of hydrogen-bond acceptors (Lipinski definition) is 5. The largest absolute Gasteiger partial charge is 0.362 e. The molecule has 2 aromatic rings. The predicted molar refractivity (Wildman–Crippen MR) is 83.7 cm³/mol. The van der Waals surface area contributed by atoms with Gasteiger partial charge in [-0.25, -0.2) is 13.4 Å². The Kier molecular flexibility index (Phi) is 4.59. The number of anilines is 1. The van der Waals surface area contributed by atoms with Crippen LogP contribution in [-0.2, 0) is 16.4 Å². The van der Waals surface area contributed by atoms with E-state index in [1.165, 1.54) is 6.26 Å². The quantitative estimate of drug-likeness (QED) is 0.884. The Balaban J connectivity index is 2.25. The lowest BCUT2D eigenvalue weighted by atomic mass is 10.1. The number of pyridine rings is 1. The third kappa shape index (κ3) is 3.80. The molecule has 2 rings (SSSR count). The van der Waals surface area contributed by atoms with Crippen LogP contribution in [-0.4, -0.2) is 19.7 Å². The topological polar surface area (TPSA) is 85.1 Å². The van der Waals surface area contributed by atoms with Gasteiger partial charge < -0.3 is 11.1 Å². The lowest BCUT2D eigenvalue weighted by Gasteiger charge is -2.17. The van der Waals surface area contributed by atoms with Crippen LogP contribution in [0.5, 0.6) is 0 Å². The molecule has 0 amide bonds. The molecule has 1 heterocycles. The number of hydrogen-bond donors (Lipinski definition) is 2. The van der Waals surface area contributed by atoms with Gasteiger partial charge in [-0.3, -0.25) is 0 Å². The summed E-state index contributed by atoms with van der Waals surface area (Å²) >= 11 is 0. The number of nitrogens with zero attached hydrogens (tertiary/aromatic N) is 1. The fourth-order valence-corrected chi connectivity index (χ4v) is 2.82. The highest BCUT2D eigenvalue weighted by atomic mass is 32.2. The third-order valence-corrected chi connectivity index (χ3v) is 4.37. The molecule has 1 atom stereocenters. The number of aromatic nitrogens is 1. The molecule has 0 aliphatic carbocycles. The van der Waals surface area contributed by atoms with Crippen LogP contribution in [0.1, 0.15) is 24.1 Å². The number of nitrogens with two attached hydrogens (primary N) is 1. The molecular formula is C15H19N3O2S. The van der Waals surface area contributed by atoms with Crippen molar-refractivity contribution in [3.8, 4) is 0 Å². The van der Waals surface area contributed by atoms with Crippen molar-refractivity contribution in [1.29, 1.82) is 0 Å². The predicted octanol–water partition coefficient (Wildman–Crippen LogP) is 2.12. The Morgan fingerprint density at radius 1 is 1.24 bits per heavy atom. The van der Waals surface area contributed by atoms with E-state index < -0.39 is 9.84 Å². The van der Waals surface area contributed by atoms with Crippen molar-refractivity contribution in [2.75, 3.05) is 11.6 Å². The van der Waals surface area contributed by atoms with Gasteiger partial charge in [0.05, 0.1) is 0 Å². The van der Waals surface area contributed by atoms with Crippen LogP contribution >= 0.6 is 0 Å². The molecule has 1 unspecified atom stereocenters. The summed E-state index contributed by atoms with van der Waals surface area (Å²) in [5, 5.41) is 3.15. The molecule has 3 N–H and O–H groups in total. The van der Waals surface area contributed by atoms with E-state index in [0.29, 0.717) is 12.4 Å². The normalized spacial score (nSPS) is 12.9. The first-order valence-electron chi connectivity index (χ1n) is 6.62. The van der Waals surface area contributed by atoms with Crippen LogP contribution in [0.2, 0.25) is 0 Å². The maximum atomic E-state index is 11.8. The molecule has 6 heteroatoms. The summed E-state index contributed by atoms with van der Waals surface area (Å²) in [6.07, 6.45) is 2.75. The minimum absolute atomic E-state index is 0.0628. The monoisotopic (exact) mass is 305 g/mol. The van der Waals surface area contributed by atoms with Crippen LogP contribution in [0.25, 0.3) is 0 Å². The third-order valence-electron chi connectivity index (χ3n) is 3.24. The van der Waals surface area contributed by atoms with Crippen molar-refractivity contribution < 1.29 is 8.42 Å². The van der Waals surface area contributed by atoms with Gasteiger partial charge in [0.2, 0.25) is 0 Å². The van der Waals surface area contributed by atoms with Gasteiger partial charge in [-0.1, -0.05) is 24.3 Å². The van der Waals surface area contributed by atoms with Crippen LogP contribution in [0.15, 0.2) is 47.5 Å². The van der Waals surface area contributed by atoms with Gasteiger partial charge in [-0.05, 0) is 30.2 Å². The molecule has 5 nitrogen and oxygen atoms in total. The Morgan fingerprint density at radius 3 is 2.48 bits per heavy atom. The highest BCUT2D eigenvalue weighted by Crippen LogP contribution is 2.23. The first-order valence-corrected chi connectivity index (χ1v) is 8.51. The van der Waals surface area contributed by atoms with E-state index in [9.17, 15) is 8.42 Å². The van der Waals surface area contributed by atoms with Crippen LogP contribution in [0, 0.1) is 0 Å². The fourth-order valence-electron chi connectivity index (χ4n) is 2.03. The Bertz CT molecular complexity index is 712. The highest BCUT2D eigenvalue weighted by Gasteiger charge is 2.16. The van der Waals surface area contributed by atoms with Gasteiger partial charge >= 0.3 is 0 Å². The maximum absolute atomic E-state index is 11.8. The van der Waals surface area contributed by atoms with Gasteiger partial charge in [-0.15, -0.1) is 0 Å². The zero-order chi connectivity index (χ0) is 15.5. The second-order valence-electron chi connectivity index (χ2n) is 4.93. The molecule has 1 aromatic heterocycles. The summed E-state index contributed by atoms with van der Waals surface area (Å²) in [7, 11) is -3.31. The van der Waals surface area contributed by atoms with E-state index in [0.717, 1.165) is 11.1 Å². The average Bonchev–Trinajstić information content (AvgIpc) is 2.47. The summed E-state index contributed by atoms with van der Waals surface area (Å²) in [5.74, 6) is 0.371. The minimum atomic E-state index is -3.31. The van der Waals surface area contributed by atoms with E-state index in [1.807, 2.05) is 31.2 Å². The summed E-state index contributed by atoms with van der Waals surface area (Å²) in [6.45, 7) is 2.46. The number of sulfone groups is 1. The summed E-state index contributed by atoms with van der Waals surface area (Å²) < 4.78 is 23.5. The minimum Gasteiger partial charge on any atom is -0.362 e. The summed E-state index contributed by atoms with van der Waals surface area (Å²) in [5.41, 5.74) is 7.67. The van der Waals surface area contributed by atoms with Crippen molar-refractivity contribution in [3.63, 3.8) is 0 Å². The van der Waals surface area contributed by atoms with Gasteiger partial charge in [0.15, 0.2) is 9.84 Å². The summed E-state index contributed by atoms with van der Waals surface area (Å²) in [6, 6.07) is 11.0. The van der Waals surface area contributed by atoms with Gasteiger partial charge in [-0.2, -0.15) is 0 Å².